The van der Waals surface area contributed by atoms with Crippen molar-refractivity contribution in [1.82, 2.24) is 0 Å². The van der Waals surface area contributed by atoms with Gasteiger partial charge in [-0.15, -0.1) is 6.58 Å². The number of halogens is 2. The first-order valence-electron chi connectivity index (χ1n) is 10.3. The van der Waals surface area contributed by atoms with Gasteiger partial charge in [-0.2, -0.15) is 0 Å². The minimum atomic E-state index is -0.520. The molecular weight excluding hydrogens is 363 g/mol. The fraction of sp³-hybridized carbons (Fsp3) is 0.609. The Balaban J connectivity index is 1.42. The second-order valence-electron chi connectivity index (χ2n) is 8.22. The first kappa shape index (κ1) is 20.4. The molecule has 1 aromatic rings. The van der Waals surface area contributed by atoms with Gasteiger partial charge in [0.2, 0.25) is 0 Å². The Bertz CT molecular complexity index is 644. The summed E-state index contributed by atoms with van der Waals surface area (Å²) in [5, 5.41) is -0.0446. The number of carbonyl (C=O) groups is 1. The molecule has 2 nitrogen and oxygen atoms in total. The Morgan fingerprint density at radius 1 is 1.11 bits per heavy atom. The molecule has 0 aliphatic heterocycles. The lowest BCUT2D eigenvalue weighted by Gasteiger charge is -2.37. The molecule has 0 unspecified atom stereocenters. The summed E-state index contributed by atoms with van der Waals surface area (Å²) >= 11 is 5.76. The van der Waals surface area contributed by atoms with Crippen LogP contribution in [0.25, 0.3) is 0 Å². The van der Waals surface area contributed by atoms with Crippen LogP contribution < -0.4 is 0 Å². The predicted molar refractivity (Wildman–Crippen MR) is 107 cm³/mol. The maximum Gasteiger partial charge on any atom is 0.338 e. The van der Waals surface area contributed by atoms with Gasteiger partial charge in [-0.1, -0.05) is 30.5 Å². The highest BCUT2D eigenvalue weighted by Crippen LogP contribution is 2.41. The van der Waals surface area contributed by atoms with E-state index in [1.807, 2.05) is 6.08 Å². The maximum absolute atomic E-state index is 13.2. The Morgan fingerprint density at radius 2 is 1.74 bits per heavy atom. The molecule has 0 spiro atoms. The molecule has 2 aliphatic carbocycles. The van der Waals surface area contributed by atoms with Crippen molar-refractivity contribution in [3.05, 3.63) is 47.3 Å². The van der Waals surface area contributed by atoms with Crippen LogP contribution in [0.5, 0.6) is 0 Å². The maximum atomic E-state index is 13.2. The molecule has 0 bridgehead atoms. The number of rotatable bonds is 6. The van der Waals surface area contributed by atoms with Crippen LogP contribution in [0.2, 0.25) is 5.02 Å². The van der Waals surface area contributed by atoms with Gasteiger partial charge in [0.05, 0.1) is 10.6 Å². The van der Waals surface area contributed by atoms with E-state index in [1.165, 1.54) is 50.3 Å². The van der Waals surface area contributed by atoms with E-state index in [2.05, 4.69) is 6.58 Å². The zero-order valence-electron chi connectivity index (χ0n) is 16.0. The number of esters is 1. The summed E-state index contributed by atoms with van der Waals surface area (Å²) in [6.45, 7) is 3.83. The molecule has 2 saturated carbocycles. The van der Waals surface area contributed by atoms with Gasteiger partial charge < -0.3 is 4.74 Å². The monoisotopic (exact) mass is 392 g/mol. The van der Waals surface area contributed by atoms with Crippen molar-refractivity contribution in [3.8, 4) is 0 Å². The lowest BCUT2D eigenvalue weighted by molar-refractivity contribution is 0.0109. The Hall–Kier alpha value is -1.35. The minimum absolute atomic E-state index is 0.0264. The highest BCUT2D eigenvalue weighted by Gasteiger charge is 2.32. The molecule has 0 atom stereocenters. The van der Waals surface area contributed by atoms with Crippen LogP contribution >= 0.6 is 11.6 Å². The largest absolute Gasteiger partial charge is 0.459 e. The van der Waals surface area contributed by atoms with E-state index >= 15 is 0 Å². The van der Waals surface area contributed by atoms with E-state index in [9.17, 15) is 9.18 Å². The van der Waals surface area contributed by atoms with Gasteiger partial charge in [0, 0.05) is 0 Å². The molecule has 0 radical (unpaired) electrons. The highest BCUT2D eigenvalue weighted by molar-refractivity contribution is 6.31. The average molecular weight is 393 g/mol. The lowest BCUT2D eigenvalue weighted by atomic mass is 9.70. The number of carbonyl (C=O) groups excluding carboxylic acids is 1. The molecule has 27 heavy (non-hydrogen) atoms. The zero-order valence-corrected chi connectivity index (χ0v) is 16.7. The quantitative estimate of drug-likeness (QED) is 0.386. The first-order chi connectivity index (χ1) is 13.1. The van der Waals surface area contributed by atoms with E-state index in [4.69, 9.17) is 16.3 Å². The van der Waals surface area contributed by atoms with Crippen LogP contribution in [-0.4, -0.2) is 12.1 Å². The third-order valence-corrected chi connectivity index (χ3v) is 6.77. The predicted octanol–water partition coefficient (Wildman–Crippen LogP) is 6.97. The number of ether oxygens (including phenoxy) is 1. The van der Waals surface area contributed by atoms with Crippen LogP contribution in [0.15, 0.2) is 30.9 Å². The number of benzene rings is 1. The van der Waals surface area contributed by atoms with Gasteiger partial charge in [-0.25, -0.2) is 9.18 Å². The minimum Gasteiger partial charge on any atom is -0.459 e. The molecule has 0 saturated heterocycles. The van der Waals surface area contributed by atoms with Gasteiger partial charge in [0.1, 0.15) is 11.9 Å². The van der Waals surface area contributed by atoms with Crippen molar-refractivity contribution in [2.24, 2.45) is 17.8 Å². The molecule has 1 aromatic carbocycles. The van der Waals surface area contributed by atoms with Gasteiger partial charge in [-0.3, -0.25) is 0 Å². The molecule has 0 heterocycles. The normalized spacial score (nSPS) is 28.5. The number of allylic oxidation sites excluding steroid dienone is 1. The second-order valence-corrected chi connectivity index (χ2v) is 8.63. The SMILES string of the molecule is C=CCC[C@H]1CC[C@H]([C@H]2CC[C@H](OC(=O)c3ccc(F)c(Cl)c3)CC2)CC1. The van der Waals surface area contributed by atoms with E-state index in [1.54, 1.807) is 0 Å². The third kappa shape index (κ3) is 5.57. The van der Waals surface area contributed by atoms with Gasteiger partial charge in [0.15, 0.2) is 0 Å². The van der Waals surface area contributed by atoms with Gasteiger partial charge in [-0.05, 0) is 87.3 Å². The van der Waals surface area contributed by atoms with Gasteiger partial charge >= 0.3 is 5.97 Å². The summed E-state index contributed by atoms with van der Waals surface area (Å²) in [7, 11) is 0. The third-order valence-electron chi connectivity index (χ3n) is 6.48. The summed E-state index contributed by atoms with van der Waals surface area (Å²) in [6, 6.07) is 3.98. The Labute approximate surface area is 167 Å². The molecule has 3 rings (SSSR count). The molecular formula is C23H30ClFO2. The summed E-state index contributed by atoms with van der Waals surface area (Å²) in [6.07, 6.45) is 14.0. The highest BCUT2D eigenvalue weighted by atomic mass is 35.5. The molecule has 0 N–H and O–H groups in total. The van der Waals surface area contributed by atoms with Crippen LogP contribution in [0, 0.1) is 23.6 Å². The Morgan fingerprint density at radius 3 is 2.33 bits per heavy atom. The second kappa shape index (κ2) is 9.73. The Kier molecular flexibility index (Phi) is 7.34. The number of hydrogen-bond acceptors (Lipinski definition) is 2. The lowest BCUT2D eigenvalue weighted by Crippen LogP contribution is -2.29. The molecule has 0 aromatic heterocycles. The molecule has 0 amide bonds. The van der Waals surface area contributed by atoms with E-state index in [0.717, 1.165) is 49.9 Å². The van der Waals surface area contributed by atoms with Crippen molar-refractivity contribution in [2.45, 2.75) is 70.3 Å². The smallest absolute Gasteiger partial charge is 0.338 e. The fourth-order valence-corrected chi connectivity index (χ4v) is 5.00. The summed E-state index contributed by atoms with van der Waals surface area (Å²) < 4.78 is 18.9. The van der Waals surface area contributed by atoms with Gasteiger partial charge in [0.25, 0.3) is 0 Å². The summed E-state index contributed by atoms with van der Waals surface area (Å²) in [5.74, 6) is 1.59. The number of hydrogen-bond donors (Lipinski definition) is 0. The van der Waals surface area contributed by atoms with Crippen molar-refractivity contribution in [2.75, 3.05) is 0 Å². The summed E-state index contributed by atoms with van der Waals surface area (Å²) in [5.41, 5.74) is 0.321. The van der Waals surface area contributed by atoms with E-state index in [0.29, 0.717) is 5.56 Å². The first-order valence-corrected chi connectivity index (χ1v) is 10.7. The summed E-state index contributed by atoms with van der Waals surface area (Å²) in [4.78, 5) is 12.3. The molecule has 2 fully saturated rings. The molecule has 4 heteroatoms. The van der Waals surface area contributed by atoms with Crippen LogP contribution in [0.3, 0.4) is 0 Å². The molecule has 2 aliphatic rings. The topological polar surface area (TPSA) is 26.3 Å². The van der Waals surface area contributed by atoms with Crippen LogP contribution in [-0.2, 0) is 4.74 Å². The van der Waals surface area contributed by atoms with E-state index < -0.39 is 11.8 Å². The van der Waals surface area contributed by atoms with Crippen molar-refractivity contribution < 1.29 is 13.9 Å². The van der Waals surface area contributed by atoms with Crippen LogP contribution in [0.4, 0.5) is 4.39 Å². The van der Waals surface area contributed by atoms with Crippen molar-refractivity contribution >= 4 is 17.6 Å². The molecule has 148 valence electrons. The standard InChI is InChI=1S/C23H30ClFO2/c1-2-3-4-16-5-7-17(8-6-16)18-9-12-20(13-10-18)27-23(26)19-11-14-22(25)21(24)15-19/h2,11,14-18,20H,1,3-10,12-13H2/t16-,17-,18-,20-. The van der Waals surface area contributed by atoms with Crippen LogP contribution in [0.1, 0.15) is 74.6 Å². The zero-order chi connectivity index (χ0) is 19.2. The van der Waals surface area contributed by atoms with E-state index in [-0.39, 0.29) is 11.1 Å². The van der Waals surface area contributed by atoms with Crippen molar-refractivity contribution in [3.63, 3.8) is 0 Å². The fourth-order valence-electron chi connectivity index (χ4n) is 4.82. The average Bonchev–Trinajstić information content (AvgIpc) is 2.69. The van der Waals surface area contributed by atoms with Crippen molar-refractivity contribution in [1.29, 1.82) is 0 Å².